The third-order valence-corrected chi connectivity index (χ3v) is 3.55. The Morgan fingerprint density at radius 3 is 2.60 bits per heavy atom. The van der Waals surface area contributed by atoms with E-state index in [1.54, 1.807) is 23.7 Å². The topological polar surface area (TPSA) is 71.1 Å². The second-order valence-electron chi connectivity index (χ2n) is 3.94. The van der Waals surface area contributed by atoms with Crippen molar-refractivity contribution in [1.29, 1.82) is 0 Å². The van der Waals surface area contributed by atoms with E-state index in [4.69, 9.17) is 0 Å². The van der Waals surface area contributed by atoms with Crippen LogP contribution in [0.15, 0.2) is 40.3 Å². The predicted octanol–water partition coefficient (Wildman–Crippen LogP) is 3.26. The van der Waals surface area contributed by atoms with Crippen LogP contribution in [0, 0.1) is 0 Å². The molecule has 0 aliphatic heterocycles. The average Bonchev–Trinajstić information content (AvgIpc) is 2.89. The van der Waals surface area contributed by atoms with Crippen LogP contribution in [0.4, 0.5) is 10.8 Å². The Bertz CT molecular complexity index is 601. The average molecular weight is 354 g/mol. The Morgan fingerprint density at radius 1 is 1.20 bits per heavy atom. The summed E-state index contributed by atoms with van der Waals surface area (Å²) < 4.78 is 0.886. The highest BCUT2D eigenvalue weighted by Crippen LogP contribution is 2.16. The van der Waals surface area contributed by atoms with Gasteiger partial charge in [0, 0.05) is 34.6 Å². The van der Waals surface area contributed by atoms with Gasteiger partial charge in [-0.05, 0) is 18.2 Å². The number of aromatic nitrogens is 1. The van der Waals surface area contributed by atoms with Crippen molar-refractivity contribution in [2.75, 3.05) is 10.6 Å². The summed E-state index contributed by atoms with van der Waals surface area (Å²) in [6, 6.07) is 7.29. The molecular formula is C13H12BrN3O2S. The largest absolute Gasteiger partial charge is 0.326 e. The van der Waals surface area contributed by atoms with E-state index in [9.17, 15) is 9.59 Å². The summed E-state index contributed by atoms with van der Waals surface area (Å²) in [6.45, 7) is 0. The maximum absolute atomic E-state index is 11.7. The third kappa shape index (κ3) is 4.75. The molecule has 7 heteroatoms. The number of carbonyl (C=O) groups excluding carboxylic acids is 2. The first-order valence-electron chi connectivity index (χ1n) is 5.88. The fourth-order valence-electron chi connectivity index (χ4n) is 1.48. The summed E-state index contributed by atoms with van der Waals surface area (Å²) in [5.74, 6) is -0.415. The molecule has 0 aliphatic rings. The minimum atomic E-state index is -0.218. The second-order valence-corrected chi connectivity index (χ2v) is 5.75. The van der Waals surface area contributed by atoms with E-state index in [0.29, 0.717) is 10.8 Å². The Balaban J connectivity index is 1.76. The molecule has 0 atom stereocenters. The molecule has 2 amide bonds. The molecule has 0 unspecified atom stereocenters. The van der Waals surface area contributed by atoms with Crippen molar-refractivity contribution >= 4 is 49.9 Å². The lowest BCUT2D eigenvalue weighted by molar-refractivity contribution is -0.121. The van der Waals surface area contributed by atoms with E-state index in [0.717, 1.165) is 4.47 Å². The molecule has 20 heavy (non-hydrogen) atoms. The zero-order valence-corrected chi connectivity index (χ0v) is 12.8. The molecule has 1 heterocycles. The minimum Gasteiger partial charge on any atom is -0.326 e. The Labute approximate surface area is 128 Å². The number of anilines is 2. The number of hydrogen-bond donors (Lipinski definition) is 2. The lowest BCUT2D eigenvalue weighted by Crippen LogP contribution is -2.17. The zero-order chi connectivity index (χ0) is 14.4. The van der Waals surface area contributed by atoms with Crippen molar-refractivity contribution < 1.29 is 9.59 Å². The first-order valence-corrected chi connectivity index (χ1v) is 7.55. The van der Waals surface area contributed by atoms with Gasteiger partial charge in [-0.2, -0.15) is 0 Å². The summed E-state index contributed by atoms with van der Waals surface area (Å²) in [4.78, 5) is 27.2. The second kappa shape index (κ2) is 7.16. The number of amides is 2. The lowest BCUT2D eigenvalue weighted by atomic mass is 10.2. The molecule has 0 saturated carbocycles. The van der Waals surface area contributed by atoms with Crippen LogP contribution in [0.1, 0.15) is 12.8 Å². The fourth-order valence-corrected chi connectivity index (χ4v) is 2.43. The number of thiazole rings is 1. The van der Waals surface area contributed by atoms with Crippen LogP contribution < -0.4 is 10.6 Å². The summed E-state index contributed by atoms with van der Waals surface area (Å²) >= 11 is 4.67. The summed E-state index contributed by atoms with van der Waals surface area (Å²) in [6.07, 6.45) is 1.86. The molecule has 1 aromatic heterocycles. The molecule has 5 nitrogen and oxygen atoms in total. The van der Waals surface area contributed by atoms with Crippen LogP contribution in [-0.4, -0.2) is 16.8 Å². The molecule has 0 spiro atoms. The van der Waals surface area contributed by atoms with Gasteiger partial charge in [-0.1, -0.05) is 22.0 Å². The summed E-state index contributed by atoms with van der Waals surface area (Å²) in [5, 5.41) is 7.68. The molecular weight excluding hydrogens is 342 g/mol. The van der Waals surface area contributed by atoms with E-state index >= 15 is 0 Å². The van der Waals surface area contributed by atoms with Crippen LogP contribution >= 0.6 is 27.3 Å². The van der Waals surface area contributed by atoms with Crippen LogP contribution in [0.5, 0.6) is 0 Å². The molecule has 1 aromatic carbocycles. The maximum Gasteiger partial charge on any atom is 0.226 e. The Morgan fingerprint density at radius 2 is 1.95 bits per heavy atom. The highest BCUT2D eigenvalue weighted by atomic mass is 79.9. The molecule has 0 bridgehead atoms. The predicted molar refractivity (Wildman–Crippen MR) is 82.7 cm³/mol. The SMILES string of the molecule is O=C(CCC(=O)Nc1nccs1)Nc1cccc(Br)c1. The minimum absolute atomic E-state index is 0.124. The standard InChI is InChI=1S/C13H12BrN3O2S/c14-9-2-1-3-10(8-9)16-11(18)4-5-12(19)17-13-15-6-7-20-13/h1-3,6-8H,4-5H2,(H,16,18)(H,15,17,19). The number of nitrogens with one attached hydrogen (secondary N) is 2. The van der Waals surface area contributed by atoms with E-state index in [2.05, 4.69) is 31.5 Å². The Kier molecular flexibility index (Phi) is 5.25. The van der Waals surface area contributed by atoms with Gasteiger partial charge in [0.05, 0.1) is 0 Å². The molecule has 2 N–H and O–H groups in total. The van der Waals surface area contributed by atoms with Gasteiger partial charge in [0.1, 0.15) is 0 Å². The number of nitrogens with zero attached hydrogens (tertiary/aromatic N) is 1. The normalized spacial score (nSPS) is 10.1. The monoisotopic (exact) mass is 353 g/mol. The summed E-state index contributed by atoms with van der Waals surface area (Å²) in [5.41, 5.74) is 0.699. The van der Waals surface area contributed by atoms with Gasteiger partial charge in [-0.3, -0.25) is 9.59 Å². The van der Waals surface area contributed by atoms with Gasteiger partial charge >= 0.3 is 0 Å². The van der Waals surface area contributed by atoms with Crippen molar-refractivity contribution in [2.24, 2.45) is 0 Å². The van der Waals surface area contributed by atoms with E-state index in [1.165, 1.54) is 11.3 Å². The van der Waals surface area contributed by atoms with Crippen LogP contribution in [0.2, 0.25) is 0 Å². The lowest BCUT2D eigenvalue weighted by Gasteiger charge is -2.05. The zero-order valence-electron chi connectivity index (χ0n) is 10.4. The van der Waals surface area contributed by atoms with Gasteiger partial charge in [-0.15, -0.1) is 11.3 Å². The van der Waals surface area contributed by atoms with Crippen LogP contribution in [0.3, 0.4) is 0 Å². The van der Waals surface area contributed by atoms with Crippen molar-refractivity contribution in [3.8, 4) is 0 Å². The van der Waals surface area contributed by atoms with Gasteiger partial charge in [0.25, 0.3) is 0 Å². The third-order valence-electron chi connectivity index (χ3n) is 2.37. The van der Waals surface area contributed by atoms with Crippen molar-refractivity contribution in [2.45, 2.75) is 12.8 Å². The molecule has 0 fully saturated rings. The number of halogens is 1. The van der Waals surface area contributed by atoms with Crippen molar-refractivity contribution in [3.63, 3.8) is 0 Å². The van der Waals surface area contributed by atoms with E-state index < -0.39 is 0 Å². The number of rotatable bonds is 5. The molecule has 2 aromatic rings. The van der Waals surface area contributed by atoms with E-state index in [-0.39, 0.29) is 24.7 Å². The number of carbonyl (C=O) groups is 2. The molecule has 104 valence electrons. The van der Waals surface area contributed by atoms with Crippen LogP contribution in [0.25, 0.3) is 0 Å². The fraction of sp³-hybridized carbons (Fsp3) is 0.154. The van der Waals surface area contributed by atoms with Crippen molar-refractivity contribution in [1.82, 2.24) is 4.98 Å². The number of hydrogen-bond acceptors (Lipinski definition) is 4. The molecule has 2 rings (SSSR count). The molecule has 0 aliphatic carbocycles. The van der Waals surface area contributed by atoms with Gasteiger partial charge in [0.15, 0.2) is 5.13 Å². The summed E-state index contributed by atoms with van der Waals surface area (Å²) in [7, 11) is 0. The van der Waals surface area contributed by atoms with Crippen LogP contribution in [-0.2, 0) is 9.59 Å². The Hall–Kier alpha value is -1.73. The van der Waals surface area contributed by atoms with Gasteiger partial charge in [-0.25, -0.2) is 4.98 Å². The quantitative estimate of drug-likeness (QED) is 0.866. The molecule has 0 radical (unpaired) electrons. The van der Waals surface area contributed by atoms with E-state index in [1.807, 2.05) is 12.1 Å². The molecule has 0 saturated heterocycles. The van der Waals surface area contributed by atoms with Gasteiger partial charge < -0.3 is 10.6 Å². The first kappa shape index (κ1) is 14.7. The number of benzene rings is 1. The van der Waals surface area contributed by atoms with Gasteiger partial charge in [0.2, 0.25) is 11.8 Å². The maximum atomic E-state index is 11.7. The van der Waals surface area contributed by atoms with Crippen molar-refractivity contribution in [3.05, 3.63) is 40.3 Å². The first-order chi connectivity index (χ1) is 9.63. The highest BCUT2D eigenvalue weighted by Gasteiger charge is 2.08. The highest BCUT2D eigenvalue weighted by molar-refractivity contribution is 9.10. The smallest absolute Gasteiger partial charge is 0.226 e.